The minimum absolute atomic E-state index is 0.159. The highest BCUT2D eigenvalue weighted by Crippen LogP contribution is 2.24. The molecule has 1 atom stereocenters. The Morgan fingerprint density at radius 1 is 1.75 bits per heavy atom. The standard InChI is InChI=1S/C7H12ClN3O/c1-4-6(5(12)3-9)7(8)11(2)10-4/h5,12H,3,9H2,1-2H3. The van der Waals surface area contributed by atoms with Crippen LogP contribution in [0.2, 0.25) is 5.15 Å². The zero-order chi connectivity index (χ0) is 9.30. The molecule has 5 heteroatoms. The summed E-state index contributed by atoms with van der Waals surface area (Å²) in [6.45, 7) is 1.95. The lowest BCUT2D eigenvalue weighted by atomic mass is 10.1. The molecule has 1 aromatic rings. The summed E-state index contributed by atoms with van der Waals surface area (Å²) in [6, 6.07) is 0. The molecule has 4 nitrogen and oxygen atoms in total. The topological polar surface area (TPSA) is 64.1 Å². The minimum atomic E-state index is -0.716. The first-order valence-electron chi connectivity index (χ1n) is 3.65. The van der Waals surface area contributed by atoms with Crippen LogP contribution in [0.15, 0.2) is 0 Å². The normalized spacial score (nSPS) is 13.4. The highest BCUT2D eigenvalue weighted by atomic mass is 35.5. The number of aromatic nitrogens is 2. The number of aryl methyl sites for hydroxylation is 2. The van der Waals surface area contributed by atoms with Gasteiger partial charge in [0, 0.05) is 19.2 Å². The Morgan fingerprint density at radius 3 is 2.67 bits per heavy atom. The highest BCUT2D eigenvalue weighted by molar-refractivity contribution is 6.30. The van der Waals surface area contributed by atoms with Crippen molar-refractivity contribution < 1.29 is 5.11 Å². The van der Waals surface area contributed by atoms with Gasteiger partial charge in [-0.1, -0.05) is 11.6 Å². The van der Waals surface area contributed by atoms with Crippen LogP contribution in [0.25, 0.3) is 0 Å². The van der Waals surface area contributed by atoms with Crippen LogP contribution in [-0.4, -0.2) is 21.4 Å². The van der Waals surface area contributed by atoms with Crippen LogP contribution in [0.4, 0.5) is 0 Å². The van der Waals surface area contributed by atoms with Crippen LogP contribution in [0.1, 0.15) is 17.4 Å². The van der Waals surface area contributed by atoms with Gasteiger partial charge < -0.3 is 10.8 Å². The molecule has 1 heterocycles. The molecule has 0 saturated carbocycles. The van der Waals surface area contributed by atoms with Gasteiger partial charge in [0.25, 0.3) is 0 Å². The largest absolute Gasteiger partial charge is 0.387 e. The molecule has 0 radical (unpaired) electrons. The molecule has 3 N–H and O–H groups in total. The van der Waals surface area contributed by atoms with Crippen molar-refractivity contribution in [2.75, 3.05) is 6.54 Å². The third-order valence-electron chi connectivity index (χ3n) is 1.75. The molecule has 0 aliphatic heterocycles. The molecule has 0 aliphatic carbocycles. The number of rotatable bonds is 2. The summed E-state index contributed by atoms with van der Waals surface area (Å²) >= 11 is 5.87. The van der Waals surface area contributed by atoms with Gasteiger partial charge in [-0.3, -0.25) is 4.68 Å². The lowest BCUT2D eigenvalue weighted by Gasteiger charge is -2.06. The molecule has 0 aliphatic rings. The number of aliphatic hydroxyl groups is 1. The van der Waals surface area contributed by atoms with E-state index in [1.165, 1.54) is 4.68 Å². The summed E-state index contributed by atoms with van der Waals surface area (Å²) in [5, 5.41) is 13.9. The summed E-state index contributed by atoms with van der Waals surface area (Å²) in [7, 11) is 1.72. The van der Waals surface area contributed by atoms with Crippen molar-refractivity contribution >= 4 is 11.6 Å². The fourth-order valence-electron chi connectivity index (χ4n) is 1.14. The van der Waals surface area contributed by atoms with E-state index in [0.717, 1.165) is 5.69 Å². The van der Waals surface area contributed by atoms with Crippen LogP contribution in [0, 0.1) is 6.92 Å². The second-order valence-electron chi connectivity index (χ2n) is 2.67. The molecular formula is C7H12ClN3O. The van der Waals surface area contributed by atoms with E-state index < -0.39 is 6.10 Å². The van der Waals surface area contributed by atoms with E-state index in [9.17, 15) is 5.11 Å². The number of halogens is 1. The zero-order valence-electron chi connectivity index (χ0n) is 7.08. The third-order valence-corrected chi connectivity index (χ3v) is 2.20. The Kier molecular flexibility index (Phi) is 2.72. The predicted octanol–water partition coefficient (Wildman–Crippen LogP) is 0.374. The molecule has 0 bridgehead atoms. The molecule has 0 spiro atoms. The molecular weight excluding hydrogens is 178 g/mol. The highest BCUT2D eigenvalue weighted by Gasteiger charge is 2.17. The van der Waals surface area contributed by atoms with Gasteiger partial charge in [-0.15, -0.1) is 0 Å². The quantitative estimate of drug-likeness (QED) is 0.707. The first kappa shape index (κ1) is 9.51. The SMILES string of the molecule is Cc1nn(C)c(Cl)c1C(O)CN. The van der Waals surface area contributed by atoms with Crippen molar-refractivity contribution in [3.05, 3.63) is 16.4 Å². The predicted molar refractivity (Wildman–Crippen MR) is 47.0 cm³/mol. The fourth-order valence-corrected chi connectivity index (χ4v) is 1.44. The van der Waals surface area contributed by atoms with Gasteiger partial charge in [-0.25, -0.2) is 0 Å². The van der Waals surface area contributed by atoms with Crippen LogP contribution in [-0.2, 0) is 7.05 Å². The Balaban J connectivity index is 3.13. The number of hydrogen-bond acceptors (Lipinski definition) is 3. The Morgan fingerprint density at radius 2 is 2.33 bits per heavy atom. The van der Waals surface area contributed by atoms with E-state index in [4.69, 9.17) is 17.3 Å². The van der Waals surface area contributed by atoms with Crippen LogP contribution in [0.3, 0.4) is 0 Å². The van der Waals surface area contributed by atoms with Gasteiger partial charge in [0.05, 0.1) is 11.8 Å². The van der Waals surface area contributed by atoms with E-state index >= 15 is 0 Å². The van der Waals surface area contributed by atoms with Crippen LogP contribution in [0.5, 0.6) is 0 Å². The zero-order valence-corrected chi connectivity index (χ0v) is 7.84. The second-order valence-corrected chi connectivity index (χ2v) is 3.02. The molecule has 68 valence electrons. The number of nitrogens with zero attached hydrogens (tertiary/aromatic N) is 2. The van der Waals surface area contributed by atoms with Crippen molar-refractivity contribution in [3.63, 3.8) is 0 Å². The van der Waals surface area contributed by atoms with Gasteiger partial charge in [-0.05, 0) is 6.92 Å². The average molecular weight is 190 g/mol. The van der Waals surface area contributed by atoms with Crippen LogP contribution < -0.4 is 5.73 Å². The molecule has 0 amide bonds. The first-order chi connectivity index (χ1) is 5.57. The summed E-state index contributed by atoms with van der Waals surface area (Å²) in [5.41, 5.74) is 6.65. The van der Waals surface area contributed by atoms with Gasteiger partial charge in [0.15, 0.2) is 0 Å². The van der Waals surface area contributed by atoms with Crippen molar-refractivity contribution in [3.8, 4) is 0 Å². The van der Waals surface area contributed by atoms with E-state index in [1.807, 2.05) is 0 Å². The monoisotopic (exact) mass is 189 g/mol. The number of hydrogen-bond donors (Lipinski definition) is 2. The lowest BCUT2D eigenvalue weighted by Crippen LogP contribution is -2.12. The molecule has 0 fully saturated rings. The van der Waals surface area contributed by atoms with Gasteiger partial charge in [0.1, 0.15) is 5.15 Å². The average Bonchev–Trinajstić information content (AvgIpc) is 2.26. The van der Waals surface area contributed by atoms with Crippen LogP contribution >= 0.6 is 11.6 Å². The summed E-state index contributed by atoms with van der Waals surface area (Å²) in [6.07, 6.45) is -0.716. The van der Waals surface area contributed by atoms with Gasteiger partial charge in [0.2, 0.25) is 0 Å². The maximum absolute atomic E-state index is 9.44. The number of aliphatic hydroxyl groups excluding tert-OH is 1. The molecule has 0 aromatic carbocycles. The first-order valence-corrected chi connectivity index (χ1v) is 4.02. The molecule has 12 heavy (non-hydrogen) atoms. The lowest BCUT2D eigenvalue weighted by molar-refractivity contribution is 0.186. The van der Waals surface area contributed by atoms with E-state index in [2.05, 4.69) is 5.10 Å². The Hall–Kier alpha value is -0.580. The molecule has 0 saturated heterocycles. The molecule has 1 aromatic heterocycles. The van der Waals surface area contributed by atoms with E-state index in [-0.39, 0.29) is 6.54 Å². The smallest absolute Gasteiger partial charge is 0.132 e. The Bertz CT molecular complexity index is 284. The maximum Gasteiger partial charge on any atom is 0.132 e. The van der Waals surface area contributed by atoms with Gasteiger partial charge >= 0.3 is 0 Å². The maximum atomic E-state index is 9.44. The summed E-state index contributed by atoms with van der Waals surface area (Å²) < 4.78 is 1.52. The minimum Gasteiger partial charge on any atom is -0.387 e. The molecule has 1 rings (SSSR count). The van der Waals surface area contributed by atoms with Crippen molar-refractivity contribution in [2.45, 2.75) is 13.0 Å². The third kappa shape index (κ3) is 1.46. The number of nitrogens with two attached hydrogens (primary N) is 1. The Labute approximate surface area is 75.9 Å². The van der Waals surface area contributed by atoms with Crippen molar-refractivity contribution in [1.29, 1.82) is 0 Å². The van der Waals surface area contributed by atoms with E-state index in [0.29, 0.717) is 10.7 Å². The van der Waals surface area contributed by atoms with Gasteiger partial charge in [-0.2, -0.15) is 5.10 Å². The second kappa shape index (κ2) is 3.43. The summed E-state index contributed by atoms with van der Waals surface area (Å²) in [4.78, 5) is 0. The van der Waals surface area contributed by atoms with E-state index in [1.54, 1.807) is 14.0 Å². The fraction of sp³-hybridized carbons (Fsp3) is 0.571. The molecule has 1 unspecified atom stereocenters. The summed E-state index contributed by atoms with van der Waals surface area (Å²) in [5.74, 6) is 0. The van der Waals surface area contributed by atoms with Crippen molar-refractivity contribution in [2.24, 2.45) is 12.8 Å². The van der Waals surface area contributed by atoms with Crippen molar-refractivity contribution in [1.82, 2.24) is 9.78 Å².